The number of hydrogen-bond acceptors (Lipinski definition) is 4. The molecule has 47 heavy (non-hydrogen) atoms. The highest BCUT2D eigenvalue weighted by Crippen LogP contribution is 2.38. The molecular weight excluding hydrogens is 658 g/mol. The van der Waals surface area contributed by atoms with Gasteiger partial charge in [0.1, 0.15) is 18.4 Å². The van der Waals surface area contributed by atoms with Gasteiger partial charge in [-0.2, -0.15) is 13.2 Å². The second-order valence-electron chi connectivity index (χ2n) is 10.6. The monoisotopic (exact) mass is 689 g/mol. The zero-order chi connectivity index (χ0) is 34.2. The molecule has 0 spiro atoms. The quantitative estimate of drug-likeness (QED) is 0.156. The lowest BCUT2D eigenvalue weighted by Gasteiger charge is -2.34. The number of sulfonamides is 1. The molecular formula is C34H32ClF4N3O4S. The molecule has 1 atom stereocenters. The second-order valence-corrected chi connectivity index (χ2v) is 12.9. The van der Waals surface area contributed by atoms with Gasteiger partial charge in [0, 0.05) is 19.5 Å². The number of alkyl halides is 3. The van der Waals surface area contributed by atoms with Gasteiger partial charge >= 0.3 is 6.18 Å². The van der Waals surface area contributed by atoms with Crippen molar-refractivity contribution in [3.8, 4) is 0 Å². The first-order chi connectivity index (χ1) is 22.3. The summed E-state index contributed by atoms with van der Waals surface area (Å²) >= 11 is 5.84. The molecule has 4 rings (SSSR count). The van der Waals surface area contributed by atoms with Gasteiger partial charge in [-0.25, -0.2) is 12.8 Å². The van der Waals surface area contributed by atoms with Crippen LogP contribution in [0.25, 0.3) is 0 Å². The highest BCUT2D eigenvalue weighted by Gasteiger charge is 2.37. The Labute approximate surface area is 275 Å². The maximum absolute atomic E-state index is 14.4. The fraction of sp³-hybridized carbons (Fsp3) is 0.235. The summed E-state index contributed by atoms with van der Waals surface area (Å²) < 4.78 is 84.0. The standard InChI is InChI=1S/C34H32ClF4N3O4S/c1-2-19-40-33(44)31(20-24-9-5-3-6-10-24)41(22-25-13-15-26(36)16-14-25)32(43)23-42(47(45,46)28-11-7-4-8-12-28)27-17-18-30(35)29(21-27)34(37,38)39/h3-18,21,31H,2,19-20,22-23H2,1H3,(H,40,44)/t31-/m0/s1. The zero-order valence-corrected chi connectivity index (χ0v) is 26.8. The third-order valence-corrected chi connectivity index (χ3v) is 9.36. The molecule has 4 aromatic carbocycles. The van der Waals surface area contributed by atoms with E-state index in [1.807, 2.05) is 6.92 Å². The summed E-state index contributed by atoms with van der Waals surface area (Å²) in [6.07, 6.45) is -4.29. The SMILES string of the molecule is CCCNC(=O)[C@H](Cc1ccccc1)N(Cc1ccc(F)cc1)C(=O)CN(c1ccc(Cl)c(C(F)(F)F)c1)S(=O)(=O)c1ccccc1. The maximum Gasteiger partial charge on any atom is 0.417 e. The van der Waals surface area contributed by atoms with Crippen LogP contribution >= 0.6 is 11.6 Å². The van der Waals surface area contributed by atoms with E-state index in [0.717, 1.165) is 12.1 Å². The summed E-state index contributed by atoms with van der Waals surface area (Å²) in [5.41, 5.74) is -0.621. The first-order valence-electron chi connectivity index (χ1n) is 14.6. The van der Waals surface area contributed by atoms with Crippen LogP contribution in [0.3, 0.4) is 0 Å². The minimum Gasteiger partial charge on any atom is -0.354 e. The molecule has 0 saturated carbocycles. The molecule has 2 amide bonds. The van der Waals surface area contributed by atoms with Crippen LogP contribution in [0.2, 0.25) is 5.02 Å². The van der Waals surface area contributed by atoms with Crippen LogP contribution in [-0.4, -0.2) is 44.3 Å². The number of amides is 2. The lowest BCUT2D eigenvalue weighted by atomic mass is 10.0. The first kappa shape index (κ1) is 35.4. The molecule has 1 N–H and O–H groups in total. The van der Waals surface area contributed by atoms with Crippen LogP contribution in [0, 0.1) is 5.82 Å². The van der Waals surface area contributed by atoms with E-state index in [0.29, 0.717) is 34.5 Å². The molecule has 0 aromatic heterocycles. The molecule has 0 heterocycles. The molecule has 0 aliphatic carbocycles. The van der Waals surface area contributed by atoms with Crippen molar-refractivity contribution in [2.24, 2.45) is 0 Å². The van der Waals surface area contributed by atoms with Crippen LogP contribution in [-0.2, 0) is 38.8 Å². The van der Waals surface area contributed by atoms with E-state index >= 15 is 0 Å². The predicted octanol–water partition coefficient (Wildman–Crippen LogP) is 6.86. The Morgan fingerprint density at radius 1 is 0.872 bits per heavy atom. The fourth-order valence-electron chi connectivity index (χ4n) is 4.84. The number of anilines is 1. The van der Waals surface area contributed by atoms with E-state index in [4.69, 9.17) is 11.6 Å². The molecule has 4 aromatic rings. The number of hydrogen-bond donors (Lipinski definition) is 1. The minimum atomic E-state index is -4.92. The van der Waals surface area contributed by atoms with Gasteiger partial charge in [0.25, 0.3) is 10.0 Å². The highest BCUT2D eigenvalue weighted by atomic mass is 35.5. The Bertz CT molecular complexity index is 1780. The van der Waals surface area contributed by atoms with Crippen molar-refractivity contribution in [2.45, 2.75) is 43.4 Å². The molecule has 0 bridgehead atoms. The first-order valence-corrected chi connectivity index (χ1v) is 16.4. The normalized spacial score (nSPS) is 12.3. The van der Waals surface area contributed by atoms with Crippen molar-refractivity contribution in [1.82, 2.24) is 10.2 Å². The van der Waals surface area contributed by atoms with Crippen molar-refractivity contribution in [1.29, 1.82) is 0 Å². The Hall–Kier alpha value is -4.42. The van der Waals surface area contributed by atoms with Crippen molar-refractivity contribution < 1.29 is 35.6 Å². The Morgan fingerprint density at radius 2 is 1.49 bits per heavy atom. The number of nitrogens with one attached hydrogen (secondary N) is 1. The number of halogens is 5. The molecule has 0 radical (unpaired) electrons. The van der Waals surface area contributed by atoms with E-state index in [1.165, 1.54) is 53.4 Å². The smallest absolute Gasteiger partial charge is 0.354 e. The molecule has 0 aliphatic rings. The van der Waals surface area contributed by atoms with Crippen LogP contribution in [0.4, 0.5) is 23.2 Å². The molecule has 0 fully saturated rings. The van der Waals surface area contributed by atoms with E-state index in [9.17, 15) is 35.6 Å². The minimum absolute atomic E-state index is 0.0356. The van der Waals surface area contributed by atoms with E-state index in [-0.39, 0.29) is 17.9 Å². The number of rotatable bonds is 13. The van der Waals surface area contributed by atoms with Gasteiger partial charge in [0.05, 0.1) is 21.2 Å². The molecule has 248 valence electrons. The lowest BCUT2D eigenvalue weighted by molar-refractivity contribution is -0.140. The van der Waals surface area contributed by atoms with Crippen LogP contribution in [0.1, 0.15) is 30.0 Å². The third kappa shape index (κ3) is 9.11. The molecule has 7 nitrogen and oxygen atoms in total. The number of carbonyl (C=O) groups excluding carboxylic acids is 2. The Balaban J connectivity index is 1.84. The summed E-state index contributed by atoms with van der Waals surface area (Å²) in [6, 6.07) is 22.3. The summed E-state index contributed by atoms with van der Waals surface area (Å²) in [4.78, 5) is 28.9. The van der Waals surface area contributed by atoms with Gasteiger partial charge in [0.2, 0.25) is 11.8 Å². The van der Waals surface area contributed by atoms with Crippen molar-refractivity contribution in [3.05, 3.63) is 131 Å². The molecule has 0 saturated heterocycles. The van der Waals surface area contributed by atoms with Crippen molar-refractivity contribution in [3.63, 3.8) is 0 Å². The lowest BCUT2D eigenvalue weighted by Crippen LogP contribution is -2.53. The number of carbonyl (C=O) groups is 2. The second kappa shape index (κ2) is 15.4. The fourth-order valence-corrected chi connectivity index (χ4v) is 6.49. The third-order valence-electron chi connectivity index (χ3n) is 7.24. The summed E-state index contributed by atoms with van der Waals surface area (Å²) in [7, 11) is -4.63. The average molecular weight is 690 g/mol. The highest BCUT2D eigenvalue weighted by molar-refractivity contribution is 7.92. The van der Waals surface area contributed by atoms with E-state index < -0.39 is 62.7 Å². The van der Waals surface area contributed by atoms with Gasteiger partial charge in [-0.05, 0) is 60.0 Å². The molecule has 0 aliphatic heterocycles. The number of benzene rings is 4. The predicted molar refractivity (Wildman–Crippen MR) is 172 cm³/mol. The van der Waals surface area contributed by atoms with Gasteiger partial charge in [-0.15, -0.1) is 0 Å². The largest absolute Gasteiger partial charge is 0.417 e. The van der Waals surface area contributed by atoms with Gasteiger partial charge < -0.3 is 10.2 Å². The Morgan fingerprint density at radius 3 is 2.09 bits per heavy atom. The molecule has 0 unspecified atom stereocenters. The molecule has 13 heteroatoms. The van der Waals surface area contributed by atoms with Crippen LogP contribution < -0.4 is 9.62 Å². The Kier molecular flexibility index (Phi) is 11.6. The summed E-state index contributed by atoms with van der Waals surface area (Å²) in [6.45, 7) is 0.942. The topological polar surface area (TPSA) is 86.8 Å². The van der Waals surface area contributed by atoms with Gasteiger partial charge in [-0.1, -0.05) is 79.2 Å². The maximum atomic E-state index is 14.4. The summed E-state index contributed by atoms with van der Waals surface area (Å²) in [5, 5.41) is 2.14. The van der Waals surface area contributed by atoms with Crippen molar-refractivity contribution in [2.75, 3.05) is 17.4 Å². The van der Waals surface area contributed by atoms with Gasteiger partial charge in [0.15, 0.2) is 0 Å². The number of nitrogens with zero attached hydrogens (tertiary/aromatic N) is 2. The van der Waals surface area contributed by atoms with E-state index in [2.05, 4.69) is 5.32 Å². The van der Waals surface area contributed by atoms with Gasteiger partial charge in [-0.3, -0.25) is 13.9 Å². The van der Waals surface area contributed by atoms with Crippen LogP contribution in [0.5, 0.6) is 0 Å². The van der Waals surface area contributed by atoms with Crippen molar-refractivity contribution >= 4 is 39.1 Å². The van der Waals surface area contributed by atoms with E-state index in [1.54, 1.807) is 36.4 Å². The van der Waals surface area contributed by atoms with Crippen LogP contribution in [0.15, 0.2) is 108 Å². The summed E-state index contributed by atoms with van der Waals surface area (Å²) in [5.74, 6) is -1.93. The average Bonchev–Trinajstić information content (AvgIpc) is 3.05. The zero-order valence-electron chi connectivity index (χ0n) is 25.3.